The summed E-state index contributed by atoms with van der Waals surface area (Å²) in [5, 5.41) is 27.5. The highest BCUT2D eigenvalue weighted by molar-refractivity contribution is 6.38. The number of phenols is 1. The van der Waals surface area contributed by atoms with Crippen LogP contribution in [0.4, 0.5) is 0 Å². The van der Waals surface area contributed by atoms with Crippen molar-refractivity contribution in [1.29, 1.82) is 0 Å². The van der Waals surface area contributed by atoms with Gasteiger partial charge >= 0.3 is 5.97 Å². The normalized spacial score (nSPS) is 11.3. The molecule has 1 aromatic rings. The van der Waals surface area contributed by atoms with Gasteiger partial charge in [-0.3, -0.25) is 4.79 Å². The number of benzene rings is 1. The monoisotopic (exact) mass is 236 g/mol. The van der Waals surface area contributed by atoms with E-state index in [1.54, 1.807) is 13.8 Å². The fourth-order valence-corrected chi connectivity index (χ4v) is 1.37. The summed E-state index contributed by atoms with van der Waals surface area (Å²) in [6.07, 6.45) is 0.633. The average Bonchev–Trinajstić information content (AvgIpc) is 2.24. The van der Waals surface area contributed by atoms with Crippen LogP contribution in [0.1, 0.15) is 16.7 Å². The molecular formula is C12H12O5. The fraction of sp³-hybridized carbons (Fsp3) is 0.167. The standard InChI is InChI=1S/C12H12O5/c1-6-3-8(4-7(2)11(6)15)9(13)5-10(14)12(16)17/h3-5,13,15H,1-2H3,(H,16,17)/b9-5-. The van der Waals surface area contributed by atoms with Crippen LogP contribution in [0.25, 0.3) is 5.76 Å². The van der Waals surface area contributed by atoms with E-state index in [1.807, 2.05) is 0 Å². The summed E-state index contributed by atoms with van der Waals surface area (Å²) in [5.41, 5.74) is 1.35. The Morgan fingerprint density at radius 3 is 2.00 bits per heavy atom. The van der Waals surface area contributed by atoms with Crippen LogP contribution in [0, 0.1) is 13.8 Å². The summed E-state index contributed by atoms with van der Waals surface area (Å²) in [6.45, 7) is 3.27. The van der Waals surface area contributed by atoms with Crippen molar-refractivity contribution < 1.29 is 24.9 Å². The van der Waals surface area contributed by atoms with Crippen LogP contribution in [0.15, 0.2) is 18.2 Å². The van der Waals surface area contributed by atoms with Crippen molar-refractivity contribution in [3.63, 3.8) is 0 Å². The molecule has 17 heavy (non-hydrogen) atoms. The lowest BCUT2D eigenvalue weighted by Crippen LogP contribution is -2.09. The fourth-order valence-electron chi connectivity index (χ4n) is 1.37. The van der Waals surface area contributed by atoms with Gasteiger partial charge in [-0.05, 0) is 37.1 Å². The van der Waals surface area contributed by atoms with Crippen LogP contribution in [0.5, 0.6) is 5.75 Å². The predicted molar refractivity (Wildman–Crippen MR) is 60.8 cm³/mol. The Labute approximate surface area is 97.6 Å². The molecule has 0 unspecified atom stereocenters. The molecule has 0 saturated carbocycles. The minimum Gasteiger partial charge on any atom is -0.507 e. The summed E-state index contributed by atoms with van der Waals surface area (Å²) in [4.78, 5) is 21.2. The number of carbonyl (C=O) groups is 2. The molecule has 1 rings (SSSR count). The molecule has 90 valence electrons. The van der Waals surface area contributed by atoms with Gasteiger partial charge < -0.3 is 15.3 Å². The van der Waals surface area contributed by atoms with Crippen LogP contribution in [-0.4, -0.2) is 27.1 Å². The Hall–Kier alpha value is -2.30. The largest absolute Gasteiger partial charge is 0.507 e. The third-order valence-electron chi connectivity index (χ3n) is 2.27. The quantitative estimate of drug-likeness (QED) is 0.420. The third-order valence-corrected chi connectivity index (χ3v) is 2.27. The second-order valence-electron chi connectivity index (χ2n) is 3.66. The molecule has 0 aliphatic rings. The highest BCUT2D eigenvalue weighted by Gasteiger charge is 2.12. The molecule has 0 aliphatic carbocycles. The SMILES string of the molecule is Cc1cc(/C(O)=C/C(=O)C(=O)O)cc(C)c1O. The van der Waals surface area contributed by atoms with Crippen molar-refractivity contribution >= 4 is 17.5 Å². The van der Waals surface area contributed by atoms with E-state index < -0.39 is 17.5 Å². The Balaban J connectivity index is 3.18. The number of carbonyl (C=O) groups excluding carboxylic acids is 1. The van der Waals surface area contributed by atoms with Crippen LogP contribution >= 0.6 is 0 Å². The number of hydrogen-bond donors (Lipinski definition) is 3. The van der Waals surface area contributed by atoms with Crippen molar-refractivity contribution in [3.8, 4) is 5.75 Å². The highest BCUT2D eigenvalue weighted by Crippen LogP contribution is 2.25. The number of rotatable bonds is 3. The third kappa shape index (κ3) is 2.84. The molecule has 0 bridgehead atoms. The number of phenolic OH excluding ortho intramolecular Hbond substituents is 1. The van der Waals surface area contributed by atoms with E-state index in [2.05, 4.69) is 0 Å². The zero-order valence-electron chi connectivity index (χ0n) is 9.39. The van der Waals surface area contributed by atoms with Gasteiger partial charge in [0.2, 0.25) is 0 Å². The first-order valence-electron chi connectivity index (χ1n) is 4.81. The first-order chi connectivity index (χ1) is 7.82. The molecule has 0 aromatic heterocycles. The Morgan fingerprint density at radius 2 is 1.59 bits per heavy atom. The Kier molecular flexibility index (Phi) is 3.52. The molecule has 1 aromatic carbocycles. The Morgan fingerprint density at radius 1 is 1.12 bits per heavy atom. The van der Waals surface area contributed by atoms with Gasteiger partial charge in [-0.15, -0.1) is 0 Å². The first kappa shape index (κ1) is 12.8. The van der Waals surface area contributed by atoms with Gasteiger partial charge in [0.1, 0.15) is 11.5 Å². The maximum absolute atomic E-state index is 10.9. The molecule has 5 nitrogen and oxygen atoms in total. The number of hydrogen-bond acceptors (Lipinski definition) is 4. The van der Waals surface area contributed by atoms with Crippen molar-refractivity contribution in [3.05, 3.63) is 34.9 Å². The molecule has 0 saturated heterocycles. The number of aliphatic hydroxyl groups excluding tert-OH is 1. The van der Waals surface area contributed by atoms with E-state index in [9.17, 15) is 19.8 Å². The second-order valence-corrected chi connectivity index (χ2v) is 3.66. The smallest absolute Gasteiger partial charge is 0.376 e. The van der Waals surface area contributed by atoms with Gasteiger partial charge in [0.15, 0.2) is 0 Å². The van der Waals surface area contributed by atoms with Crippen molar-refractivity contribution in [1.82, 2.24) is 0 Å². The van der Waals surface area contributed by atoms with Crippen LogP contribution in [0.3, 0.4) is 0 Å². The lowest BCUT2D eigenvalue weighted by Gasteiger charge is -2.06. The average molecular weight is 236 g/mol. The van der Waals surface area contributed by atoms with Gasteiger partial charge in [-0.2, -0.15) is 0 Å². The van der Waals surface area contributed by atoms with E-state index >= 15 is 0 Å². The lowest BCUT2D eigenvalue weighted by molar-refractivity contribution is -0.146. The summed E-state index contributed by atoms with van der Waals surface area (Å²) in [5.74, 6) is -3.18. The van der Waals surface area contributed by atoms with Crippen molar-refractivity contribution in [2.24, 2.45) is 0 Å². The molecule has 0 aliphatic heterocycles. The molecule has 0 amide bonds. The summed E-state index contributed by atoms with van der Waals surface area (Å²) in [7, 11) is 0. The number of aryl methyl sites for hydroxylation is 2. The molecule has 5 heteroatoms. The first-order valence-corrected chi connectivity index (χ1v) is 4.81. The molecule has 0 fully saturated rings. The lowest BCUT2D eigenvalue weighted by atomic mass is 10.0. The van der Waals surface area contributed by atoms with Gasteiger partial charge in [0.25, 0.3) is 5.78 Å². The van der Waals surface area contributed by atoms with E-state index in [1.165, 1.54) is 12.1 Å². The van der Waals surface area contributed by atoms with Crippen LogP contribution in [0.2, 0.25) is 0 Å². The molecule has 0 heterocycles. The summed E-state index contributed by atoms with van der Waals surface area (Å²) in [6, 6.07) is 2.92. The van der Waals surface area contributed by atoms with E-state index in [-0.39, 0.29) is 11.3 Å². The summed E-state index contributed by atoms with van der Waals surface area (Å²) >= 11 is 0. The number of ketones is 1. The maximum atomic E-state index is 10.9. The molecule has 0 atom stereocenters. The number of aliphatic hydroxyl groups is 1. The zero-order chi connectivity index (χ0) is 13.2. The van der Waals surface area contributed by atoms with Gasteiger partial charge in [-0.25, -0.2) is 4.79 Å². The number of carboxylic acid groups (broad SMARTS) is 1. The number of aromatic hydroxyl groups is 1. The van der Waals surface area contributed by atoms with Crippen molar-refractivity contribution in [2.45, 2.75) is 13.8 Å². The predicted octanol–water partition coefficient (Wildman–Crippen LogP) is 1.56. The maximum Gasteiger partial charge on any atom is 0.376 e. The topological polar surface area (TPSA) is 94.8 Å². The van der Waals surface area contributed by atoms with Gasteiger partial charge in [-0.1, -0.05) is 0 Å². The molecular weight excluding hydrogens is 224 g/mol. The second kappa shape index (κ2) is 4.69. The van der Waals surface area contributed by atoms with Crippen molar-refractivity contribution in [2.75, 3.05) is 0 Å². The molecule has 0 radical (unpaired) electrons. The molecule has 0 spiro atoms. The molecule has 3 N–H and O–H groups in total. The van der Waals surface area contributed by atoms with E-state index in [4.69, 9.17) is 5.11 Å². The highest BCUT2D eigenvalue weighted by atomic mass is 16.4. The number of aliphatic carboxylic acids is 1. The zero-order valence-corrected chi connectivity index (χ0v) is 9.39. The van der Waals surface area contributed by atoms with E-state index in [0.29, 0.717) is 17.2 Å². The van der Waals surface area contributed by atoms with Crippen LogP contribution in [-0.2, 0) is 9.59 Å². The number of carboxylic acids is 1. The van der Waals surface area contributed by atoms with E-state index in [0.717, 1.165) is 0 Å². The van der Waals surface area contributed by atoms with Crippen LogP contribution < -0.4 is 0 Å². The van der Waals surface area contributed by atoms with Gasteiger partial charge in [0.05, 0.1) is 0 Å². The van der Waals surface area contributed by atoms with Gasteiger partial charge in [0, 0.05) is 11.6 Å². The summed E-state index contributed by atoms with van der Waals surface area (Å²) < 4.78 is 0. The minimum absolute atomic E-state index is 0.103. The Bertz CT molecular complexity index is 491. The minimum atomic E-state index is -1.64.